The summed E-state index contributed by atoms with van der Waals surface area (Å²) in [6.45, 7) is 8.02. The smallest absolute Gasteiger partial charge is 0.242 e. The van der Waals surface area contributed by atoms with E-state index in [1.807, 2.05) is 44.0 Å². The molecule has 0 unspecified atom stereocenters. The molecule has 0 spiro atoms. The molecule has 10 heteroatoms. The third-order valence-corrected chi connectivity index (χ3v) is 9.45. The minimum absolute atomic E-state index is 0.00512. The highest BCUT2D eigenvalue weighted by molar-refractivity contribution is 6.32. The van der Waals surface area contributed by atoms with Crippen LogP contribution in [-0.2, 0) is 21.5 Å². The standard InChI is InChI=1S/C32H38ClN7O2/c1-19-16-21(20-10-14-40(15-11-20)29(42)32(34-4)12-13-32)8-9-24(19)38-30-36-18-23(33)27(39-30)35-17-22-6-5-7-25-26(22)31(2,3)28(41)37-25/h5-9,16,18,20,34H,10-15,17H2,1-4H3,(H,37,41)(H2,35,36,38,39). The largest absolute Gasteiger partial charge is 0.365 e. The molecule has 42 heavy (non-hydrogen) atoms. The van der Waals surface area contributed by atoms with Gasteiger partial charge in [-0.05, 0) is 93.8 Å². The van der Waals surface area contributed by atoms with E-state index in [0.717, 1.165) is 66.8 Å². The van der Waals surface area contributed by atoms with Crippen LogP contribution >= 0.6 is 11.6 Å². The van der Waals surface area contributed by atoms with Crippen LogP contribution < -0.4 is 21.3 Å². The average molecular weight is 588 g/mol. The maximum absolute atomic E-state index is 12.9. The van der Waals surface area contributed by atoms with Crippen LogP contribution in [0.4, 0.5) is 23.1 Å². The molecule has 2 amide bonds. The Bertz CT molecular complexity index is 1540. The number of fused-ring (bicyclic) bond motifs is 1. The quantitative estimate of drug-likeness (QED) is 0.276. The molecule has 3 aromatic rings. The second kappa shape index (κ2) is 10.9. The lowest BCUT2D eigenvalue weighted by molar-refractivity contribution is -0.135. The first kappa shape index (κ1) is 28.4. The number of benzene rings is 2. The Labute approximate surface area is 251 Å². The summed E-state index contributed by atoms with van der Waals surface area (Å²) in [6, 6.07) is 12.3. The highest BCUT2D eigenvalue weighted by atomic mass is 35.5. The van der Waals surface area contributed by atoms with Crippen molar-refractivity contribution in [2.45, 2.75) is 69.9 Å². The third kappa shape index (κ3) is 5.20. The number of amides is 2. The first-order chi connectivity index (χ1) is 20.1. The molecule has 6 rings (SSSR count). The fraction of sp³-hybridized carbons (Fsp3) is 0.438. The summed E-state index contributed by atoms with van der Waals surface area (Å²) in [6.07, 6.45) is 5.41. The van der Waals surface area contributed by atoms with Gasteiger partial charge in [-0.3, -0.25) is 9.59 Å². The van der Waals surface area contributed by atoms with Crippen LogP contribution in [0.1, 0.15) is 67.7 Å². The van der Waals surface area contributed by atoms with Crippen molar-refractivity contribution in [3.05, 3.63) is 69.9 Å². The van der Waals surface area contributed by atoms with Crippen LogP contribution in [0.5, 0.6) is 0 Å². The summed E-state index contributed by atoms with van der Waals surface area (Å²) in [7, 11) is 1.89. The van der Waals surface area contributed by atoms with Gasteiger partial charge in [-0.15, -0.1) is 0 Å². The van der Waals surface area contributed by atoms with E-state index in [-0.39, 0.29) is 17.4 Å². The SMILES string of the molecule is CNC1(C(=O)N2CCC(c3ccc(Nc4ncc(Cl)c(NCc5cccc6c5C(C)(C)C(=O)N6)n4)c(C)c3)CC2)CC1. The van der Waals surface area contributed by atoms with Gasteiger partial charge in [0.2, 0.25) is 17.8 Å². The van der Waals surface area contributed by atoms with E-state index < -0.39 is 5.41 Å². The number of rotatable bonds is 8. The molecule has 220 valence electrons. The predicted molar refractivity (Wildman–Crippen MR) is 167 cm³/mol. The van der Waals surface area contributed by atoms with Gasteiger partial charge in [-0.2, -0.15) is 4.98 Å². The monoisotopic (exact) mass is 587 g/mol. The second-order valence-electron chi connectivity index (χ2n) is 12.3. The van der Waals surface area contributed by atoms with Crippen molar-refractivity contribution >= 4 is 46.6 Å². The number of likely N-dealkylation sites (N-methyl/N-ethyl adjacent to an activating group) is 1. The number of hydrogen-bond donors (Lipinski definition) is 4. The number of anilines is 4. The number of hydrogen-bond acceptors (Lipinski definition) is 7. The topological polar surface area (TPSA) is 111 Å². The van der Waals surface area contributed by atoms with E-state index in [0.29, 0.717) is 29.3 Å². The Hall–Kier alpha value is -3.69. The molecule has 3 heterocycles. The van der Waals surface area contributed by atoms with Gasteiger partial charge in [0.1, 0.15) is 5.02 Å². The molecular formula is C32H38ClN7O2. The average Bonchev–Trinajstić information content (AvgIpc) is 3.75. The van der Waals surface area contributed by atoms with Gasteiger partial charge in [-0.25, -0.2) is 4.98 Å². The molecular weight excluding hydrogens is 550 g/mol. The van der Waals surface area contributed by atoms with Crippen molar-refractivity contribution in [1.82, 2.24) is 20.2 Å². The van der Waals surface area contributed by atoms with Crippen molar-refractivity contribution in [2.75, 3.05) is 36.1 Å². The molecule has 2 aromatic carbocycles. The zero-order valence-electron chi connectivity index (χ0n) is 24.6. The fourth-order valence-corrected chi connectivity index (χ4v) is 6.49. The van der Waals surface area contributed by atoms with E-state index >= 15 is 0 Å². The molecule has 9 nitrogen and oxygen atoms in total. The van der Waals surface area contributed by atoms with Gasteiger partial charge in [0.05, 0.1) is 17.2 Å². The van der Waals surface area contributed by atoms with Crippen molar-refractivity contribution in [3.63, 3.8) is 0 Å². The lowest BCUT2D eigenvalue weighted by Gasteiger charge is -2.34. The number of nitrogens with one attached hydrogen (secondary N) is 4. The molecule has 3 aliphatic rings. The van der Waals surface area contributed by atoms with Crippen LogP contribution in [0.25, 0.3) is 0 Å². The maximum atomic E-state index is 12.9. The Balaban J connectivity index is 1.10. The number of carbonyl (C=O) groups excluding carboxylic acids is 2. The Morgan fingerprint density at radius 3 is 2.62 bits per heavy atom. The number of carbonyl (C=O) groups is 2. The van der Waals surface area contributed by atoms with Crippen LogP contribution in [0.2, 0.25) is 5.02 Å². The lowest BCUT2D eigenvalue weighted by Crippen LogP contribution is -2.49. The molecule has 0 bridgehead atoms. The number of nitrogens with zero attached hydrogens (tertiary/aromatic N) is 3. The van der Waals surface area contributed by atoms with Crippen LogP contribution in [0.3, 0.4) is 0 Å². The van der Waals surface area contributed by atoms with E-state index in [1.165, 1.54) is 5.56 Å². The zero-order chi connectivity index (χ0) is 29.6. The van der Waals surface area contributed by atoms with E-state index in [9.17, 15) is 9.59 Å². The van der Waals surface area contributed by atoms with Crippen molar-refractivity contribution in [3.8, 4) is 0 Å². The summed E-state index contributed by atoms with van der Waals surface area (Å²) >= 11 is 6.46. The third-order valence-electron chi connectivity index (χ3n) is 9.17. The Morgan fingerprint density at radius 1 is 1.17 bits per heavy atom. The molecule has 2 fully saturated rings. The van der Waals surface area contributed by atoms with Crippen molar-refractivity contribution in [1.29, 1.82) is 0 Å². The van der Waals surface area contributed by atoms with Gasteiger partial charge in [0.25, 0.3) is 0 Å². The summed E-state index contributed by atoms with van der Waals surface area (Å²) < 4.78 is 0. The molecule has 0 radical (unpaired) electrons. The molecule has 1 aromatic heterocycles. The predicted octanol–water partition coefficient (Wildman–Crippen LogP) is 5.48. The molecule has 0 atom stereocenters. The number of aromatic nitrogens is 2. The van der Waals surface area contributed by atoms with Crippen LogP contribution in [0.15, 0.2) is 42.6 Å². The summed E-state index contributed by atoms with van der Waals surface area (Å²) in [5.74, 6) is 1.65. The van der Waals surface area contributed by atoms with Crippen molar-refractivity contribution in [2.24, 2.45) is 0 Å². The lowest BCUT2D eigenvalue weighted by atomic mass is 9.83. The molecule has 2 aliphatic heterocycles. The summed E-state index contributed by atoms with van der Waals surface area (Å²) in [5, 5.41) is 13.3. The molecule has 1 saturated carbocycles. The van der Waals surface area contributed by atoms with Crippen LogP contribution in [-0.4, -0.2) is 52.4 Å². The van der Waals surface area contributed by atoms with Gasteiger partial charge in [0, 0.05) is 31.0 Å². The molecule has 4 N–H and O–H groups in total. The second-order valence-corrected chi connectivity index (χ2v) is 12.7. The Morgan fingerprint density at radius 2 is 1.93 bits per heavy atom. The Kier molecular flexibility index (Phi) is 7.35. The number of aryl methyl sites for hydroxylation is 1. The molecule has 1 saturated heterocycles. The van der Waals surface area contributed by atoms with E-state index in [1.54, 1.807) is 6.20 Å². The van der Waals surface area contributed by atoms with Crippen LogP contribution in [0, 0.1) is 6.92 Å². The van der Waals surface area contributed by atoms with E-state index in [2.05, 4.69) is 56.4 Å². The first-order valence-corrected chi connectivity index (χ1v) is 15.1. The highest BCUT2D eigenvalue weighted by Gasteiger charge is 2.50. The molecule has 1 aliphatic carbocycles. The zero-order valence-corrected chi connectivity index (χ0v) is 25.4. The van der Waals surface area contributed by atoms with Crippen molar-refractivity contribution < 1.29 is 9.59 Å². The minimum Gasteiger partial charge on any atom is -0.365 e. The number of likely N-dealkylation sites (tertiary alicyclic amines) is 1. The number of halogens is 1. The summed E-state index contributed by atoms with van der Waals surface area (Å²) in [5.41, 5.74) is 5.26. The fourth-order valence-electron chi connectivity index (χ4n) is 6.33. The van der Waals surface area contributed by atoms with Gasteiger partial charge in [-0.1, -0.05) is 35.9 Å². The number of piperidine rings is 1. The van der Waals surface area contributed by atoms with E-state index in [4.69, 9.17) is 11.6 Å². The normalized spacial score (nSPS) is 18.8. The van der Waals surface area contributed by atoms with Gasteiger partial charge in [0.15, 0.2) is 5.82 Å². The highest BCUT2D eigenvalue weighted by Crippen LogP contribution is 2.41. The minimum atomic E-state index is -0.611. The first-order valence-electron chi connectivity index (χ1n) is 14.7. The maximum Gasteiger partial charge on any atom is 0.242 e. The van der Waals surface area contributed by atoms with Gasteiger partial charge < -0.3 is 26.2 Å². The van der Waals surface area contributed by atoms with Gasteiger partial charge >= 0.3 is 0 Å². The summed E-state index contributed by atoms with van der Waals surface area (Å²) in [4.78, 5) is 36.4.